The number of β-amino-alcohol motifs (C(OH)–C–C–N with tert-alkyl or cyclic N) is 1. The molecular weight excluding hydrogens is 196 g/mol. The zero-order chi connectivity index (χ0) is 11.2. The number of nitrogens with zero attached hydrogens (tertiary/aromatic N) is 2. The van der Waals surface area contributed by atoms with Gasteiger partial charge >= 0.3 is 6.03 Å². The number of carbonyl (C=O) groups is 2. The quantitative estimate of drug-likeness (QED) is 0.664. The first-order chi connectivity index (χ1) is 6.90. The maximum Gasteiger partial charge on any atom is 0.327 e. The minimum atomic E-state index is -1.02. The highest BCUT2D eigenvalue weighted by atomic mass is 16.3. The number of fused-ring (bicyclic) bond motifs is 1. The van der Waals surface area contributed by atoms with Crippen molar-refractivity contribution < 1.29 is 14.7 Å². The largest absolute Gasteiger partial charge is 0.389 e. The van der Waals surface area contributed by atoms with Crippen LogP contribution in [0, 0.1) is 0 Å². The number of hydrogen-bond donors (Lipinski definition) is 1. The van der Waals surface area contributed by atoms with Crippen molar-refractivity contribution in [2.75, 3.05) is 13.1 Å². The molecule has 0 aromatic rings. The van der Waals surface area contributed by atoms with E-state index in [1.165, 1.54) is 4.90 Å². The molecule has 5 heteroatoms. The molecule has 2 rings (SSSR count). The molecule has 0 radical (unpaired) electrons. The molecule has 3 amide bonds. The average Bonchev–Trinajstić information content (AvgIpc) is 2.64. The molecule has 2 aliphatic rings. The first kappa shape index (κ1) is 10.4. The Morgan fingerprint density at radius 1 is 1.47 bits per heavy atom. The third kappa shape index (κ3) is 1.71. The standard InChI is InChI=1S/C10H16N2O3/c1-10(2,15)6-12-8(13)7-4-3-5-11(7)9(12)14/h7,15H,3-6H2,1-2H3. The highest BCUT2D eigenvalue weighted by Crippen LogP contribution is 2.28. The molecule has 0 bridgehead atoms. The third-order valence-corrected chi connectivity index (χ3v) is 2.83. The van der Waals surface area contributed by atoms with Gasteiger partial charge in [-0.2, -0.15) is 0 Å². The fraction of sp³-hybridized carbons (Fsp3) is 0.800. The average molecular weight is 212 g/mol. The molecule has 15 heavy (non-hydrogen) atoms. The molecule has 1 atom stereocenters. The lowest BCUT2D eigenvalue weighted by Crippen LogP contribution is -2.43. The highest BCUT2D eigenvalue weighted by molar-refractivity contribution is 6.04. The normalized spacial score (nSPS) is 26.5. The second-order valence-corrected chi connectivity index (χ2v) is 4.87. The van der Waals surface area contributed by atoms with Crippen LogP contribution < -0.4 is 0 Å². The summed E-state index contributed by atoms with van der Waals surface area (Å²) in [5.74, 6) is -0.153. The van der Waals surface area contributed by atoms with E-state index in [0.717, 1.165) is 12.8 Å². The summed E-state index contributed by atoms with van der Waals surface area (Å²) < 4.78 is 0. The van der Waals surface area contributed by atoms with Gasteiger partial charge in [0, 0.05) is 6.54 Å². The summed E-state index contributed by atoms with van der Waals surface area (Å²) in [5, 5.41) is 9.61. The molecule has 84 valence electrons. The lowest BCUT2D eigenvalue weighted by molar-refractivity contribution is -0.129. The summed E-state index contributed by atoms with van der Waals surface area (Å²) in [6.45, 7) is 3.93. The van der Waals surface area contributed by atoms with E-state index >= 15 is 0 Å². The Kier molecular flexibility index (Phi) is 2.22. The Bertz CT molecular complexity index is 286. The molecule has 2 aliphatic heterocycles. The summed E-state index contributed by atoms with van der Waals surface area (Å²) in [5.41, 5.74) is -1.02. The van der Waals surface area contributed by atoms with Crippen LogP contribution in [0.15, 0.2) is 0 Å². The van der Waals surface area contributed by atoms with E-state index in [0.29, 0.717) is 6.54 Å². The topological polar surface area (TPSA) is 60.9 Å². The van der Waals surface area contributed by atoms with Crippen molar-refractivity contribution in [1.82, 2.24) is 9.80 Å². The van der Waals surface area contributed by atoms with Crippen LogP contribution in [0.25, 0.3) is 0 Å². The van der Waals surface area contributed by atoms with E-state index in [4.69, 9.17) is 0 Å². The van der Waals surface area contributed by atoms with E-state index in [9.17, 15) is 14.7 Å². The third-order valence-electron chi connectivity index (χ3n) is 2.83. The van der Waals surface area contributed by atoms with Gasteiger partial charge in [-0.25, -0.2) is 4.79 Å². The van der Waals surface area contributed by atoms with Gasteiger partial charge in [0.25, 0.3) is 5.91 Å². The summed E-state index contributed by atoms with van der Waals surface area (Å²) in [6, 6.07) is -0.510. The first-order valence-electron chi connectivity index (χ1n) is 5.24. The summed E-state index contributed by atoms with van der Waals surface area (Å²) in [6.07, 6.45) is 1.66. The van der Waals surface area contributed by atoms with Gasteiger partial charge in [-0.15, -0.1) is 0 Å². The molecule has 0 aromatic carbocycles. The Morgan fingerprint density at radius 3 is 2.67 bits per heavy atom. The van der Waals surface area contributed by atoms with Crippen molar-refractivity contribution in [2.24, 2.45) is 0 Å². The molecule has 0 aliphatic carbocycles. The maximum atomic E-state index is 11.8. The van der Waals surface area contributed by atoms with Gasteiger partial charge in [-0.05, 0) is 26.7 Å². The predicted octanol–water partition coefficient (Wildman–Crippen LogP) is 0.184. The van der Waals surface area contributed by atoms with Gasteiger partial charge in [0.2, 0.25) is 0 Å². The van der Waals surface area contributed by atoms with E-state index in [1.54, 1.807) is 18.7 Å². The fourth-order valence-corrected chi connectivity index (χ4v) is 2.21. The van der Waals surface area contributed by atoms with Crippen LogP contribution in [-0.4, -0.2) is 51.6 Å². The van der Waals surface area contributed by atoms with E-state index in [-0.39, 0.29) is 24.5 Å². The smallest absolute Gasteiger partial charge is 0.327 e. The summed E-state index contributed by atoms with van der Waals surface area (Å²) in [4.78, 5) is 26.4. The number of hydrogen-bond acceptors (Lipinski definition) is 3. The highest BCUT2D eigenvalue weighted by Gasteiger charge is 2.48. The number of aliphatic hydroxyl groups is 1. The van der Waals surface area contributed by atoms with Crippen LogP contribution >= 0.6 is 0 Å². The molecule has 2 saturated heterocycles. The second kappa shape index (κ2) is 3.20. The van der Waals surface area contributed by atoms with Crippen LogP contribution in [0.1, 0.15) is 26.7 Å². The van der Waals surface area contributed by atoms with E-state index in [2.05, 4.69) is 0 Å². The molecule has 1 unspecified atom stereocenters. The molecule has 0 aromatic heterocycles. The van der Waals surface area contributed by atoms with Crippen molar-refractivity contribution in [1.29, 1.82) is 0 Å². The maximum absolute atomic E-state index is 11.8. The molecule has 2 heterocycles. The van der Waals surface area contributed by atoms with Crippen molar-refractivity contribution in [3.63, 3.8) is 0 Å². The Labute approximate surface area is 88.6 Å². The zero-order valence-corrected chi connectivity index (χ0v) is 9.06. The summed E-state index contributed by atoms with van der Waals surface area (Å²) >= 11 is 0. The number of imide groups is 1. The Morgan fingerprint density at radius 2 is 2.13 bits per heavy atom. The van der Waals surface area contributed by atoms with Gasteiger partial charge < -0.3 is 10.0 Å². The number of carbonyl (C=O) groups excluding carboxylic acids is 2. The van der Waals surface area contributed by atoms with Crippen molar-refractivity contribution in [3.05, 3.63) is 0 Å². The van der Waals surface area contributed by atoms with Gasteiger partial charge in [0.05, 0.1) is 12.1 Å². The van der Waals surface area contributed by atoms with Gasteiger partial charge in [0.1, 0.15) is 6.04 Å². The monoisotopic (exact) mass is 212 g/mol. The van der Waals surface area contributed by atoms with Gasteiger partial charge in [-0.1, -0.05) is 0 Å². The van der Waals surface area contributed by atoms with Crippen LogP contribution in [0.4, 0.5) is 4.79 Å². The lowest BCUT2D eigenvalue weighted by atomic mass is 10.1. The van der Waals surface area contributed by atoms with Crippen LogP contribution in [0.3, 0.4) is 0 Å². The number of amides is 3. The van der Waals surface area contributed by atoms with Gasteiger partial charge in [-0.3, -0.25) is 9.69 Å². The Balaban J connectivity index is 2.15. The molecule has 0 saturated carbocycles. The minimum absolute atomic E-state index is 0.0810. The van der Waals surface area contributed by atoms with Crippen molar-refractivity contribution >= 4 is 11.9 Å². The number of urea groups is 1. The number of rotatable bonds is 2. The lowest BCUT2D eigenvalue weighted by Gasteiger charge is -2.23. The van der Waals surface area contributed by atoms with Crippen LogP contribution in [0.5, 0.6) is 0 Å². The van der Waals surface area contributed by atoms with E-state index < -0.39 is 5.60 Å². The SMILES string of the molecule is CC(C)(O)CN1C(=O)C2CCCN2C1=O. The van der Waals surface area contributed by atoms with Crippen LogP contribution in [0.2, 0.25) is 0 Å². The fourth-order valence-electron chi connectivity index (χ4n) is 2.21. The van der Waals surface area contributed by atoms with E-state index in [1.807, 2.05) is 0 Å². The molecule has 2 fully saturated rings. The van der Waals surface area contributed by atoms with Crippen LogP contribution in [-0.2, 0) is 4.79 Å². The molecule has 1 N–H and O–H groups in total. The molecule has 5 nitrogen and oxygen atoms in total. The van der Waals surface area contributed by atoms with Crippen molar-refractivity contribution in [3.8, 4) is 0 Å². The van der Waals surface area contributed by atoms with Crippen molar-refractivity contribution in [2.45, 2.75) is 38.3 Å². The predicted molar refractivity (Wildman–Crippen MR) is 53.1 cm³/mol. The first-order valence-corrected chi connectivity index (χ1v) is 5.24. The minimum Gasteiger partial charge on any atom is -0.389 e. The zero-order valence-electron chi connectivity index (χ0n) is 9.06. The molecular formula is C10H16N2O3. The Hall–Kier alpha value is -1.10. The molecule has 0 spiro atoms. The summed E-state index contributed by atoms with van der Waals surface area (Å²) in [7, 11) is 0. The second-order valence-electron chi connectivity index (χ2n) is 4.87. The van der Waals surface area contributed by atoms with Gasteiger partial charge in [0.15, 0.2) is 0 Å².